The molecular formula is C13H17N3O3. The fourth-order valence-corrected chi connectivity index (χ4v) is 2.51. The summed E-state index contributed by atoms with van der Waals surface area (Å²) in [4.78, 5) is 11.5. The molecule has 1 amide bonds. The van der Waals surface area contributed by atoms with Gasteiger partial charge in [-0.15, -0.1) is 0 Å². The van der Waals surface area contributed by atoms with Gasteiger partial charge in [0.2, 0.25) is 5.91 Å². The Kier molecular flexibility index (Phi) is 3.44. The maximum Gasteiger partial charge on any atom is 0.249 e. The van der Waals surface area contributed by atoms with Crippen LogP contribution in [0, 0.1) is 5.41 Å². The molecule has 1 aromatic carbocycles. The van der Waals surface area contributed by atoms with Crippen LogP contribution < -0.4 is 11.5 Å². The number of amidine groups is 1. The lowest BCUT2D eigenvalue weighted by molar-refractivity contribution is -0.106. The van der Waals surface area contributed by atoms with Crippen molar-refractivity contribution in [3.05, 3.63) is 35.4 Å². The number of nitrogens with two attached hydrogens (primary N) is 2. The van der Waals surface area contributed by atoms with E-state index < -0.39 is 11.8 Å². The highest BCUT2D eigenvalue weighted by molar-refractivity contribution is 5.98. The van der Waals surface area contributed by atoms with E-state index in [-0.39, 0.29) is 11.3 Å². The molecule has 1 aliphatic rings. The van der Waals surface area contributed by atoms with Gasteiger partial charge in [0, 0.05) is 11.0 Å². The van der Waals surface area contributed by atoms with Crippen LogP contribution in [0.3, 0.4) is 0 Å². The van der Waals surface area contributed by atoms with Crippen molar-refractivity contribution in [2.75, 3.05) is 13.2 Å². The second-order valence-corrected chi connectivity index (χ2v) is 5.06. The zero-order valence-corrected chi connectivity index (χ0v) is 10.7. The number of carbonyl (C=O) groups excluding carboxylic acids is 1. The van der Waals surface area contributed by atoms with Gasteiger partial charge in [-0.25, -0.2) is 0 Å². The molecule has 0 spiro atoms. The van der Waals surface area contributed by atoms with Crippen LogP contribution in [0.4, 0.5) is 0 Å². The summed E-state index contributed by atoms with van der Waals surface area (Å²) in [6.45, 7) is 2.94. The summed E-state index contributed by atoms with van der Waals surface area (Å²) in [7, 11) is 0. The van der Waals surface area contributed by atoms with Gasteiger partial charge < -0.3 is 21.4 Å². The Morgan fingerprint density at radius 1 is 1.42 bits per heavy atom. The van der Waals surface area contributed by atoms with Crippen LogP contribution in [0.25, 0.3) is 0 Å². The standard InChI is InChI=1S/C13H17N3O3/c1-13(6-19-7-13)10(11(14)16-18)8-4-2-3-5-9(8)12(15)17/h2-5,10,18H,6-7H2,1H3,(H2,14,16)(H2,15,17). The highest BCUT2D eigenvalue weighted by Gasteiger charge is 2.45. The molecule has 1 fully saturated rings. The van der Waals surface area contributed by atoms with Gasteiger partial charge in [-0.3, -0.25) is 4.79 Å². The summed E-state index contributed by atoms with van der Waals surface area (Å²) >= 11 is 0. The van der Waals surface area contributed by atoms with Crippen molar-refractivity contribution in [3.63, 3.8) is 0 Å². The van der Waals surface area contributed by atoms with Crippen molar-refractivity contribution < 1.29 is 14.7 Å². The Morgan fingerprint density at radius 2 is 2.05 bits per heavy atom. The van der Waals surface area contributed by atoms with Gasteiger partial charge in [-0.05, 0) is 11.6 Å². The van der Waals surface area contributed by atoms with E-state index in [4.69, 9.17) is 21.4 Å². The Bertz CT molecular complexity index is 524. The van der Waals surface area contributed by atoms with E-state index in [9.17, 15) is 4.79 Å². The van der Waals surface area contributed by atoms with Crippen molar-refractivity contribution in [2.45, 2.75) is 12.8 Å². The first-order chi connectivity index (χ1) is 8.99. The smallest absolute Gasteiger partial charge is 0.249 e. The van der Waals surface area contributed by atoms with Crippen LogP contribution in [-0.2, 0) is 4.74 Å². The third kappa shape index (κ3) is 2.26. The van der Waals surface area contributed by atoms with Crippen LogP contribution in [0.2, 0.25) is 0 Å². The third-order valence-corrected chi connectivity index (χ3v) is 3.51. The van der Waals surface area contributed by atoms with Crippen molar-refractivity contribution in [1.29, 1.82) is 0 Å². The number of hydrogen-bond donors (Lipinski definition) is 3. The number of hydrogen-bond acceptors (Lipinski definition) is 4. The second-order valence-electron chi connectivity index (χ2n) is 5.06. The van der Waals surface area contributed by atoms with E-state index >= 15 is 0 Å². The Balaban J connectivity index is 2.53. The van der Waals surface area contributed by atoms with Gasteiger partial charge in [-0.2, -0.15) is 0 Å². The number of nitrogens with zero attached hydrogens (tertiary/aromatic N) is 1. The first-order valence-corrected chi connectivity index (χ1v) is 5.93. The molecule has 19 heavy (non-hydrogen) atoms. The minimum Gasteiger partial charge on any atom is -0.409 e. The number of ether oxygens (including phenoxy) is 1. The fourth-order valence-electron chi connectivity index (χ4n) is 2.51. The van der Waals surface area contributed by atoms with Gasteiger partial charge >= 0.3 is 0 Å². The first-order valence-electron chi connectivity index (χ1n) is 5.93. The van der Waals surface area contributed by atoms with Gasteiger partial charge in [0.25, 0.3) is 0 Å². The van der Waals surface area contributed by atoms with Gasteiger partial charge in [-0.1, -0.05) is 30.3 Å². The Morgan fingerprint density at radius 3 is 2.53 bits per heavy atom. The van der Waals surface area contributed by atoms with Crippen LogP contribution in [0.5, 0.6) is 0 Å². The minimum absolute atomic E-state index is 0.0551. The monoisotopic (exact) mass is 263 g/mol. The van der Waals surface area contributed by atoms with E-state index in [2.05, 4.69) is 5.16 Å². The molecule has 6 heteroatoms. The van der Waals surface area contributed by atoms with E-state index in [0.717, 1.165) is 0 Å². The summed E-state index contributed by atoms with van der Waals surface area (Å²) in [5.41, 5.74) is 11.9. The molecule has 1 aliphatic heterocycles. The lowest BCUT2D eigenvalue weighted by Crippen LogP contribution is -2.49. The van der Waals surface area contributed by atoms with E-state index in [1.807, 2.05) is 6.92 Å². The molecule has 0 aromatic heterocycles. The predicted molar refractivity (Wildman–Crippen MR) is 70.0 cm³/mol. The summed E-state index contributed by atoms with van der Waals surface area (Å²) in [5.74, 6) is -0.885. The molecule has 0 bridgehead atoms. The average Bonchev–Trinajstić information content (AvgIpc) is 2.37. The minimum atomic E-state index is -0.532. The zero-order chi connectivity index (χ0) is 14.0. The molecule has 102 valence electrons. The Labute approximate surface area is 111 Å². The van der Waals surface area contributed by atoms with Crippen LogP contribution in [0.15, 0.2) is 29.4 Å². The van der Waals surface area contributed by atoms with Gasteiger partial charge in [0.1, 0.15) is 5.84 Å². The molecule has 0 radical (unpaired) electrons. The maximum atomic E-state index is 11.5. The zero-order valence-electron chi connectivity index (χ0n) is 10.7. The van der Waals surface area contributed by atoms with E-state index in [1.165, 1.54) is 0 Å². The lowest BCUT2D eigenvalue weighted by Gasteiger charge is -2.44. The van der Waals surface area contributed by atoms with Crippen LogP contribution >= 0.6 is 0 Å². The van der Waals surface area contributed by atoms with Crippen molar-refractivity contribution >= 4 is 11.7 Å². The number of benzene rings is 1. The summed E-state index contributed by atoms with van der Waals surface area (Å²) in [6, 6.07) is 6.93. The van der Waals surface area contributed by atoms with Crippen molar-refractivity contribution in [3.8, 4) is 0 Å². The molecule has 1 aromatic rings. The predicted octanol–water partition coefficient (Wildman–Crippen LogP) is 0.652. The quantitative estimate of drug-likeness (QED) is 0.320. The van der Waals surface area contributed by atoms with Gasteiger partial charge in [0.15, 0.2) is 0 Å². The summed E-state index contributed by atoms with van der Waals surface area (Å²) in [6.07, 6.45) is 0. The molecule has 1 atom stereocenters. The summed E-state index contributed by atoms with van der Waals surface area (Å²) < 4.78 is 5.23. The van der Waals surface area contributed by atoms with Gasteiger partial charge in [0.05, 0.1) is 19.1 Å². The van der Waals surface area contributed by atoms with E-state index in [1.54, 1.807) is 24.3 Å². The fraction of sp³-hybridized carbons (Fsp3) is 0.385. The van der Waals surface area contributed by atoms with E-state index in [0.29, 0.717) is 24.3 Å². The molecule has 1 unspecified atom stereocenters. The average molecular weight is 263 g/mol. The largest absolute Gasteiger partial charge is 0.409 e. The normalized spacial score (nSPS) is 19.5. The number of rotatable bonds is 4. The third-order valence-electron chi connectivity index (χ3n) is 3.51. The molecule has 6 nitrogen and oxygen atoms in total. The SMILES string of the molecule is CC1(C(/C(N)=N/O)c2ccccc2C(N)=O)COC1. The van der Waals surface area contributed by atoms with Crippen LogP contribution in [0.1, 0.15) is 28.8 Å². The molecule has 1 heterocycles. The molecule has 0 saturated carbocycles. The lowest BCUT2D eigenvalue weighted by atomic mass is 9.70. The number of primary amides is 1. The Hall–Kier alpha value is -2.08. The number of amides is 1. The second kappa shape index (κ2) is 4.89. The molecule has 5 N–H and O–H groups in total. The highest BCUT2D eigenvalue weighted by Crippen LogP contribution is 2.43. The van der Waals surface area contributed by atoms with Crippen LogP contribution in [-0.4, -0.2) is 30.2 Å². The van der Waals surface area contributed by atoms with Crippen molar-refractivity contribution in [1.82, 2.24) is 0 Å². The molecule has 1 saturated heterocycles. The highest BCUT2D eigenvalue weighted by atomic mass is 16.5. The first kappa shape index (κ1) is 13.4. The molecular weight excluding hydrogens is 246 g/mol. The molecule has 2 rings (SSSR count). The topological polar surface area (TPSA) is 111 Å². The summed E-state index contributed by atoms with van der Waals surface area (Å²) in [5, 5.41) is 12.1. The maximum absolute atomic E-state index is 11.5. The molecule has 0 aliphatic carbocycles. The number of oxime groups is 1. The number of carbonyl (C=O) groups is 1. The van der Waals surface area contributed by atoms with Crippen molar-refractivity contribution in [2.24, 2.45) is 22.0 Å².